The summed E-state index contributed by atoms with van der Waals surface area (Å²) >= 11 is 0. The molecule has 133 valence electrons. The number of aromatic nitrogens is 2. The van der Waals surface area contributed by atoms with Crippen molar-refractivity contribution in [3.8, 4) is 0 Å². The van der Waals surface area contributed by atoms with Gasteiger partial charge in [-0.2, -0.15) is 5.10 Å². The van der Waals surface area contributed by atoms with Gasteiger partial charge in [0.1, 0.15) is 11.5 Å². The molecule has 5 nitrogen and oxygen atoms in total. The average Bonchev–Trinajstić information content (AvgIpc) is 3.27. The Morgan fingerprint density at radius 3 is 2.73 bits per heavy atom. The average molecular weight is 352 g/mol. The highest BCUT2D eigenvalue weighted by Gasteiger charge is 2.31. The number of nitrogens with zero attached hydrogens (tertiary/aromatic N) is 3. The lowest BCUT2D eigenvalue weighted by atomic mass is 10.0. The lowest BCUT2D eigenvalue weighted by molar-refractivity contribution is 0.0648. The first-order chi connectivity index (χ1) is 12.6. The minimum absolute atomic E-state index is 0.191. The molecule has 2 heterocycles. The van der Waals surface area contributed by atoms with Crippen LogP contribution in [-0.2, 0) is 13.0 Å². The number of hydrogen-bond acceptors (Lipinski definition) is 3. The third kappa shape index (κ3) is 3.38. The zero-order valence-corrected chi connectivity index (χ0v) is 14.2. The van der Waals surface area contributed by atoms with Gasteiger partial charge in [0.25, 0.3) is 5.91 Å². The molecule has 6 heteroatoms. The number of β-amino-alcohol motifs (C(OH)–C–C–N with tert-alkyl or cyclic N) is 1. The largest absolute Gasteiger partial charge is 0.389 e. The van der Waals surface area contributed by atoms with Gasteiger partial charge in [0.05, 0.1) is 18.3 Å². The summed E-state index contributed by atoms with van der Waals surface area (Å²) in [6.07, 6.45) is 7.37. The second-order valence-electron chi connectivity index (χ2n) is 6.52. The second-order valence-corrected chi connectivity index (χ2v) is 6.52. The predicted octanol–water partition coefficient (Wildman–Crippen LogP) is 1.83. The number of halogens is 1. The van der Waals surface area contributed by atoms with Crippen LogP contribution in [0.5, 0.6) is 0 Å². The van der Waals surface area contributed by atoms with Gasteiger partial charge >= 0.3 is 0 Å². The summed E-state index contributed by atoms with van der Waals surface area (Å²) in [5, 5.41) is 14.8. The van der Waals surface area contributed by atoms with Crippen LogP contribution in [0.2, 0.25) is 0 Å². The van der Waals surface area contributed by atoms with Crippen LogP contribution in [0.4, 0.5) is 4.39 Å². The van der Waals surface area contributed by atoms with E-state index in [-0.39, 0.29) is 24.8 Å². The summed E-state index contributed by atoms with van der Waals surface area (Å²) in [6.45, 7) is 0.814. The Bertz CT molecular complexity index is 798. The van der Waals surface area contributed by atoms with Crippen LogP contribution in [0.15, 0.2) is 30.3 Å². The second kappa shape index (κ2) is 7.19. The molecule has 1 amide bonds. The van der Waals surface area contributed by atoms with Crippen LogP contribution >= 0.6 is 0 Å². The summed E-state index contributed by atoms with van der Waals surface area (Å²) in [7, 11) is 0. The first-order valence-corrected chi connectivity index (χ1v) is 8.62. The Morgan fingerprint density at radius 1 is 1.19 bits per heavy atom. The molecule has 26 heavy (non-hydrogen) atoms. The van der Waals surface area contributed by atoms with Gasteiger partial charge in [0.2, 0.25) is 0 Å². The molecule has 1 fully saturated rings. The lowest BCUT2D eigenvalue weighted by Gasteiger charge is -2.22. The van der Waals surface area contributed by atoms with E-state index >= 15 is 0 Å². The van der Waals surface area contributed by atoms with Crippen LogP contribution in [0.1, 0.15) is 21.7 Å². The highest BCUT2D eigenvalue weighted by atomic mass is 19.1. The summed E-state index contributed by atoms with van der Waals surface area (Å²) in [5.74, 6) is 0.466. The van der Waals surface area contributed by atoms with Gasteiger partial charge in [-0.15, -0.1) is 0 Å². The summed E-state index contributed by atoms with van der Waals surface area (Å²) in [6, 6.07) is 8.30. The highest BCUT2D eigenvalue weighted by molar-refractivity contribution is 5.93. The fourth-order valence-electron chi connectivity index (χ4n) is 3.32. The van der Waals surface area contributed by atoms with E-state index in [0.29, 0.717) is 29.9 Å². The van der Waals surface area contributed by atoms with Gasteiger partial charge in [-0.3, -0.25) is 9.48 Å². The normalized spacial score (nSPS) is 21.1. The zero-order chi connectivity index (χ0) is 18.1. The molecule has 2 aromatic rings. The SMILES string of the molecule is O=C1c2cc([C]3[CH][CH][CH][CH]3)nn2C[C@@H](O)CN1CCc1ccccc1F. The van der Waals surface area contributed by atoms with E-state index in [2.05, 4.69) is 5.10 Å². The van der Waals surface area contributed by atoms with Crippen molar-refractivity contribution in [3.63, 3.8) is 0 Å². The van der Waals surface area contributed by atoms with E-state index in [9.17, 15) is 14.3 Å². The summed E-state index contributed by atoms with van der Waals surface area (Å²) < 4.78 is 15.4. The van der Waals surface area contributed by atoms with Crippen molar-refractivity contribution >= 4 is 5.91 Å². The first kappa shape index (κ1) is 17.2. The molecule has 5 radical (unpaired) electrons. The molecule has 1 aromatic heterocycles. The minimum Gasteiger partial charge on any atom is -0.389 e. The molecule has 0 spiro atoms. The molecule has 1 N–H and O–H groups in total. The maximum absolute atomic E-state index is 13.8. The van der Waals surface area contributed by atoms with Crippen molar-refractivity contribution in [2.75, 3.05) is 13.1 Å². The number of amides is 1. The van der Waals surface area contributed by atoms with E-state index in [1.807, 2.05) is 25.7 Å². The number of aliphatic hydroxyl groups excluding tert-OH is 1. The third-order valence-corrected chi connectivity index (χ3v) is 4.67. The Kier molecular flexibility index (Phi) is 4.76. The molecule has 2 aliphatic rings. The number of hydrogen-bond donors (Lipinski definition) is 1. The molecule has 0 unspecified atom stereocenters. The van der Waals surface area contributed by atoms with E-state index < -0.39 is 6.10 Å². The van der Waals surface area contributed by atoms with Crippen LogP contribution in [-0.4, -0.2) is 44.9 Å². The quantitative estimate of drug-likeness (QED) is 0.913. The van der Waals surface area contributed by atoms with E-state index in [0.717, 1.165) is 5.92 Å². The monoisotopic (exact) mass is 352 g/mol. The molecule has 1 aliphatic carbocycles. The maximum atomic E-state index is 13.8. The van der Waals surface area contributed by atoms with E-state index in [4.69, 9.17) is 0 Å². The van der Waals surface area contributed by atoms with Gasteiger partial charge in [0.15, 0.2) is 0 Å². The zero-order valence-electron chi connectivity index (χ0n) is 14.2. The third-order valence-electron chi connectivity index (χ3n) is 4.67. The van der Waals surface area contributed by atoms with Gasteiger partial charge in [-0.1, -0.05) is 18.2 Å². The molecule has 0 saturated heterocycles. The number of benzene rings is 1. The molecule has 1 saturated carbocycles. The fourth-order valence-corrected chi connectivity index (χ4v) is 3.32. The maximum Gasteiger partial charge on any atom is 0.272 e. The predicted molar refractivity (Wildman–Crippen MR) is 93.8 cm³/mol. The Hall–Kier alpha value is -2.21. The van der Waals surface area contributed by atoms with Crippen molar-refractivity contribution in [2.24, 2.45) is 0 Å². The molecular formula is C20H19FN3O2. The van der Waals surface area contributed by atoms with Crippen molar-refractivity contribution in [1.29, 1.82) is 0 Å². The van der Waals surface area contributed by atoms with Crippen LogP contribution in [0.3, 0.4) is 0 Å². The number of carbonyl (C=O) groups is 1. The first-order valence-electron chi connectivity index (χ1n) is 8.62. The fraction of sp³-hybridized carbons (Fsp3) is 0.250. The van der Waals surface area contributed by atoms with Crippen LogP contribution < -0.4 is 0 Å². The van der Waals surface area contributed by atoms with E-state index in [1.165, 1.54) is 6.07 Å². The van der Waals surface area contributed by atoms with Crippen LogP contribution in [0, 0.1) is 37.4 Å². The number of aliphatic hydroxyl groups is 1. The molecule has 4 rings (SSSR count). The van der Waals surface area contributed by atoms with Crippen LogP contribution in [0.25, 0.3) is 0 Å². The summed E-state index contributed by atoms with van der Waals surface area (Å²) in [4.78, 5) is 14.5. The van der Waals surface area contributed by atoms with Gasteiger partial charge in [-0.25, -0.2) is 4.39 Å². The number of rotatable bonds is 4. The Balaban J connectivity index is 1.53. The summed E-state index contributed by atoms with van der Waals surface area (Å²) in [5.41, 5.74) is 1.72. The molecule has 1 aliphatic heterocycles. The van der Waals surface area contributed by atoms with Crippen molar-refractivity contribution in [2.45, 2.75) is 19.1 Å². The van der Waals surface area contributed by atoms with Gasteiger partial charge in [-0.05, 0) is 49.8 Å². The number of carbonyl (C=O) groups excluding carboxylic acids is 1. The lowest BCUT2D eigenvalue weighted by Crippen LogP contribution is -2.37. The molecule has 0 bridgehead atoms. The van der Waals surface area contributed by atoms with Crippen molar-refractivity contribution < 1.29 is 14.3 Å². The minimum atomic E-state index is -0.715. The molecule has 1 aromatic carbocycles. The Labute approximate surface area is 152 Å². The molecule has 1 atom stereocenters. The smallest absolute Gasteiger partial charge is 0.272 e. The Morgan fingerprint density at radius 2 is 1.96 bits per heavy atom. The number of fused-ring (bicyclic) bond motifs is 1. The topological polar surface area (TPSA) is 58.4 Å². The van der Waals surface area contributed by atoms with Crippen molar-refractivity contribution in [1.82, 2.24) is 14.7 Å². The standard InChI is InChI=1S/C20H19FN3O2/c21-17-8-4-3-5-14(17)9-10-23-12-16(25)13-24-19(20(23)26)11-18(22-24)15-6-1-2-7-15/h1-8,11,16,25H,9-10,12-13H2/t16-/m0/s1. The van der Waals surface area contributed by atoms with Crippen molar-refractivity contribution in [3.05, 3.63) is 84.7 Å². The van der Waals surface area contributed by atoms with Gasteiger partial charge < -0.3 is 10.0 Å². The van der Waals surface area contributed by atoms with Gasteiger partial charge in [0, 0.05) is 19.0 Å². The highest BCUT2D eigenvalue weighted by Crippen LogP contribution is 2.30. The van der Waals surface area contributed by atoms with E-state index in [1.54, 1.807) is 33.8 Å². The molecular weight excluding hydrogens is 333 g/mol.